The maximum atomic E-state index is 10.3. The van der Waals surface area contributed by atoms with E-state index in [-0.39, 0.29) is 12.2 Å². The topological polar surface area (TPSA) is 57.5 Å². The van der Waals surface area contributed by atoms with Crippen molar-refractivity contribution < 1.29 is 15.0 Å². The molecule has 0 fully saturated rings. The van der Waals surface area contributed by atoms with E-state index in [1.165, 1.54) is 0 Å². The van der Waals surface area contributed by atoms with Crippen LogP contribution in [0.5, 0.6) is 5.75 Å². The average molecular weight is 229 g/mol. The van der Waals surface area contributed by atoms with E-state index in [9.17, 15) is 9.90 Å². The molecular formula is C11H13ClO3. The summed E-state index contributed by atoms with van der Waals surface area (Å²) in [5.74, 6) is -0.661. The van der Waals surface area contributed by atoms with Gasteiger partial charge in [0.1, 0.15) is 5.75 Å². The summed E-state index contributed by atoms with van der Waals surface area (Å²) in [6, 6.07) is 3.45. The normalized spacial score (nSPS) is 10.3. The number of aromatic hydroxyl groups is 1. The second-order valence-electron chi connectivity index (χ2n) is 3.44. The Kier molecular flexibility index (Phi) is 3.97. The van der Waals surface area contributed by atoms with Gasteiger partial charge in [0.05, 0.1) is 0 Å². The van der Waals surface area contributed by atoms with Crippen LogP contribution in [-0.4, -0.2) is 16.2 Å². The molecule has 1 rings (SSSR count). The number of phenols is 1. The third kappa shape index (κ3) is 3.13. The summed E-state index contributed by atoms with van der Waals surface area (Å²) in [4.78, 5) is 10.3. The van der Waals surface area contributed by atoms with Gasteiger partial charge in [-0.1, -0.05) is 17.7 Å². The van der Waals surface area contributed by atoms with E-state index in [4.69, 9.17) is 16.7 Å². The summed E-state index contributed by atoms with van der Waals surface area (Å²) in [5, 5.41) is 18.7. The Morgan fingerprint density at radius 2 is 2.13 bits per heavy atom. The molecule has 4 heteroatoms. The molecule has 1 aromatic carbocycles. The lowest BCUT2D eigenvalue weighted by molar-refractivity contribution is -0.137. The van der Waals surface area contributed by atoms with Crippen molar-refractivity contribution in [3.63, 3.8) is 0 Å². The first-order chi connectivity index (χ1) is 7.02. The monoisotopic (exact) mass is 228 g/mol. The van der Waals surface area contributed by atoms with Crippen LogP contribution in [0.3, 0.4) is 0 Å². The third-order valence-electron chi connectivity index (χ3n) is 2.24. The molecule has 0 bridgehead atoms. The van der Waals surface area contributed by atoms with E-state index in [1.807, 2.05) is 0 Å². The Bertz CT molecular complexity index is 374. The predicted octanol–water partition coefficient (Wildman–Crippen LogP) is 2.76. The van der Waals surface area contributed by atoms with Crippen LogP contribution in [-0.2, 0) is 11.2 Å². The lowest BCUT2D eigenvalue weighted by atomic mass is 10.0. The summed E-state index contributed by atoms with van der Waals surface area (Å²) < 4.78 is 0. The smallest absolute Gasteiger partial charge is 0.303 e. The van der Waals surface area contributed by atoms with E-state index in [1.54, 1.807) is 19.1 Å². The highest BCUT2D eigenvalue weighted by molar-refractivity contribution is 6.31. The van der Waals surface area contributed by atoms with E-state index in [0.29, 0.717) is 23.4 Å². The number of hydrogen-bond donors (Lipinski definition) is 2. The van der Waals surface area contributed by atoms with Gasteiger partial charge in [-0.2, -0.15) is 0 Å². The summed E-state index contributed by atoms with van der Waals surface area (Å²) in [5.41, 5.74) is 1.39. The molecular weight excluding hydrogens is 216 g/mol. The van der Waals surface area contributed by atoms with Crippen LogP contribution >= 0.6 is 11.6 Å². The number of phenolic OH excluding ortho intramolecular Hbond substituents is 1. The lowest BCUT2D eigenvalue weighted by Crippen LogP contribution is -1.97. The Morgan fingerprint density at radius 3 is 2.73 bits per heavy atom. The highest BCUT2D eigenvalue weighted by Crippen LogP contribution is 2.30. The molecule has 0 aliphatic rings. The SMILES string of the molecule is Cc1ccc(Cl)c(CCCC(=O)O)c1O. The number of aliphatic carboxylic acids is 1. The summed E-state index contributed by atoms with van der Waals surface area (Å²) in [7, 11) is 0. The molecule has 0 saturated carbocycles. The first kappa shape index (κ1) is 11.9. The number of carboxylic acid groups (broad SMARTS) is 1. The van der Waals surface area contributed by atoms with Crippen molar-refractivity contribution >= 4 is 17.6 Å². The second kappa shape index (κ2) is 5.03. The van der Waals surface area contributed by atoms with Crippen molar-refractivity contribution in [1.82, 2.24) is 0 Å². The highest BCUT2D eigenvalue weighted by atomic mass is 35.5. The Hall–Kier alpha value is -1.22. The van der Waals surface area contributed by atoms with Crippen LogP contribution in [0, 0.1) is 6.92 Å². The highest BCUT2D eigenvalue weighted by Gasteiger charge is 2.09. The quantitative estimate of drug-likeness (QED) is 0.833. The molecule has 82 valence electrons. The fourth-order valence-electron chi connectivity index (χ4n) is 1.38. The molecule has 2 N–H and O–H groups in total. The molecule has 0 heterocycles. The van der Waals surface area contributed by atoms with Gasteiger partial charge in [-0.25, -0.2) is 0 Å². The average Bonchev–Trinajstić information content (AvgIpc) is 2.17. The molecule has 0 radical (unpaired) electrons. The Balaban J connectivity index is 2.75. The zero-order valence-corrected chi connectivity index (χ0v) is 9.21. The van der Waals surface area contributed by atoms with Gasteiger partial charge in [-0.15, -0.1) is 0 Å². The number of halogens is 1. The summed E-state index contributed by atoms with van der Waals surface area (Å²) >= 11 is 5.91. The van der Waals surface area contributed by atoms with Gasteiger partial charge in [0, 0.05) is 17.0 Å². The van der Waals surface area contributed by atoms with Crippen molar-refractivity contribution in [3.8, 4) is 5.75 Å². The number of aryl methyl sites for hydroxylation is 1. The summed E-state index contributed by atoms with van der Waals surface area (Å²) in [6.45, 7) is 1.78. The van der Waals surface area contributed by atoms with Crippen LogP contribution in [0.25, 0.3) is 0 Å². The second-order valence-corrected chi connectivity index (χ2v) is 3.85. The summed E-state index contributed by atoms with van der Waals surface area (Å²) in [6.07, 6.45) is 1.05. The largest absolute Gasteiger partial charge is 0.507 e. The molecule has 0 atom stereocenters. The fourth-order valence-corrected chi connectivity index (χ4v) is 1.63. The molecule has 0 unspecified atom stereocenters. The number of hydrogen-bond acceptors (Lipinski definition) is 2. The minimum atomic E-state index is -0.835. The molecule has 0 amide bonds. The first-order valence-corrected chi connectivity index (χ1v) is 5.09. The zero-order chi connectivity index (χ0) is 11.4. The van der Waals surface area contributed by atoms with Crippen molar-refractivity contribution in [1.29, 1.82) is 0 Å². The fraction of sp³-hybridized carbons (Fsp3) is 0.364. The molecule has 0 spiro atoms. The molecule has 0 aromatic heterocycles. The number of carboxylic acids is 1. The number of carbonyl (C=O) groups is 1. The van der Waals surface area contributed by atoms with Gasteiger partial charge in [0.25, 0.3) is 0 Å². The van der Waals surface area contributed by atoms with Crippen LogP contribution < -0.4 is 0 Å². The molecule has 3 nitrogen and oxygen atoms in total. The maximum Gasteiger partial charge on any atom is 0.303 e. The number of benzene rings is 1. The van der Waals surface area contributed by atoms with Gasteiger partial charge < -0.3 is 10.2 Å². The standard InChI is InChI=1S/C11H13ClO3/c1-7-5-6-9(12)8(11(7)15)3-2-4-10(13)14/h5-6,15H,2-4H2,1H3,(H,13,14). The van der Waals surface area contributed by atoms with Crippen LogP contribution in [0.4, 0.5) is 0 Å². The van der Waals surface area contributed by atoms with Gasteiger partial charge in [-0.05, 0) is 31.4 Å². The predicted molar refractivity (Wildman–Crippen MR) is 58.4 cm³/mol. The van der Waals surface area contributed by atoms with E-state index >= 15 is 0 Å². The zero-order valence-electron chi connectivity index (χ0n) is 8.46. The van der Waals surface area contributed by atoms with E-state index < -0.39 is 5.97 Å². The molecule has 0 aliphatic heterocycles. The Morgan fingerprint density at radius 1 is 1.47 bits per heavy atom. The minimum Gasteiger partial charge on any atom is -0.507 e. The van der Waals surface area contributed by atoms with Crippen LogP contribution in [0.2, 0.25) is 5.02 Å². The van der Waals surface area contributed by atoms with E-state index in [0.717, 1.165) is 5.56 Å². The van der Waals surface area contributed by atoms with E-state index in [2.05, 4.69) is 0 Å². The Labute approximate surface area is 93.3 Å². The van der Waals surface area contributed by atoms with Crippen molar-refractivity contribution in [2.75, 3.05) is 0 Å². The third-order valence-corrected chi connectivity index (χ3v) is 2.60. The first-order valence-electron chi connectivity index (χ1n) is 4.71. The van der Waals surface area contributed by atoms with Crippen molar-refractivity contribution in [2.45, 2.75) is 26.2 Å². The van der Waals surface area contributed by atoms with Crippen molar-refractivity contribution in [3.05, 3.63) is 28.3 Å². The lowest BCUT2D eigenvalue weighted by Gasteiger charge is -2.08. The molecule has 15 heavy (non-hydrogen) atoms. The number of rotatable bonds is 4. The van der Waals surface area contributed by atoms with Gasteiger partial charge in [-0.3, -0.25) is 4.79 Å². The van der Waals surface area contributed by atoms with Crippen molar-refractivity contribution in [2.24, 2.45) is 0 Å². The minimum absolute atomic E-state index is 0.0870. The molecule has 0 saturated heterocycles. The van der Waals surface area contributed by atoms with Crippen LogP contribution in [0.1, 0.15) is 24.0 Å². The molecule has 1 aromatic rings. The van der Waals surface area contributed by atoms with Gasteiger partial charge >= 0.3 is 5.97 Å². The van der Waals surface area contributed by atoms with Gasteiger partial charge in [0.2, 0.25) is 0 Å². The van der Waals surface area contributed by atoms with Gasteiger partial charge in [0.15, 0.2) is 0 Å². The van der Waals surface area contributed by atoms with Crippen LogP contribution in [0.15, 0.2) is 12.1 Å². The molecule has 0 aliphatic carbocycles. The maximum absolute atomic E-state index is 10.3.